The van der Waals surface area contributed by atoms with Gasteiger partial charge in [-0.3, -0.25) is 9.69 Å². The van der Waals surface area contributed by atoms with Crippen LogP contribution in [0.2, 0.25) is 0 Å². The van der Waals surface area contributed by atoms with E-state index >= 15 is 0 Å². The summed E-state index contributed by atoms with van der Waals surface area (Å²) in [7, 11) is 1.54. The minimum atomic E-state index is -0.635. The SMILES string of the molecule is C=CCOc1ccc(C2C(C(=O)OCC)=C(C)N=C3SCCC(=O)N32)cc1OC. The first-order valence-electron chi connectivity index (χ1n) is 9.34. The molecule has 0 radical (unpaired) electrons. The average Bonchev–Trinajstić information content (AvgIpc) is 2.71. The van der Waals surface area contributed by atoms with Gasteiger partial charge in [-0.05, 0) is 31.5 Å². The van der Waals surface area contributed by atoms with Gasteiger partial charge >= 0.3 is 5.97 Å². The van der Waals surface area contributed by atoms with Crippen molar-refractivity contribution >= 4 is 28.8 Å². The number of carbonyl (C=O) groups excluding carboxylic acids is 2. The van der Waals surface area contributed by atoms with Crippen LogP contribution in [0.25, 0.3) is 0 Å². The zero-order valence-corrected chi connectivity index (χ0v) is 17.6. The molecule has 2 aliphatic rings. The zero-order chi connectivity index (χ0) is 21.0. The summed E-state index contributed by atoms with van der Waals surface area (Å²) in [6.07, 6.45) is 2.03. The van der Waals surface area contributed by atoms with Crippen molar-refractivity contribution in [3.8, 4) is 11.5 Å². The van der Waals surface area contributed by atoms with Crippen molar-refractivity contribution in [2.45, 2.75) is 26.3 Å². The molecule has 1 unspecified atom stereocenters. The molecule has 1 saturated heterocycles. The number of esters is 1. The number of ether oxygens (including phenoxy) is 3. The number of rotatable bonds is 7. The summed E-state index contributed by atoms with van der Waals surface area (Å²) in [5, 5.41) is 0.600. The number of hydrogen-bond donors (Lipinski definition) is 0. The smallest absolute Gasteiger partial charge is 0.338 e. The number of amidine groups is 1. The minimum Gasteiger partial charge on any atom is -0.493 e. The maximum atomic E-state index is 12.8. The van der Waals surface area contributed by atoms with E-state index in [0.717, 1.165) is 5.56 Å². The third-order valence-electron chi connectivity index (χ3n) is 4.56. The highest BCUT2D eigenvalue weighted by Gasteiger charge is 2.41. The number of fused-ring (bicyclic) bond motifs is 1. The summed E-state index contributed by atoms with van der Waals surface area (Å²) in [5.41, 5.74) is 1.62. The molecule has 2 aliphatic heterocycles. The molecule has 8 heteroatoms. The summed E-state index contributed by atoms with van der Waals surface area (Å²) >= 11 is 1.51. The summed E-state index contributed by atoms with van der Waals surface area (Å²) in [6, 6.07) is 4.74. The fraction of sp³-hybridized carbons (Fsp3) is 0.381. The van der Waals surface area contributed by atoms with Crippen LogP contribution in [-0.4, -0.2) is 48.0 Å². The van der Waals surface area contributed by atoms with Crippen molar-refractivity contribution in [1.82, 2.24) is 4.90 Å². The van der Waals surface area contributed by atoms with Crippen LogP contribution in [-0.2, 0) is 14.3 Å². The molecule has 2 heterocycles. The van der Waals surface area contributed by atoms with Crippen LogP contribution in [0, 0.1) is 0 Å². The molecule has 0 N–H and O–H groups in total. The number of methoxy groups -OCH3 is 1. The molecule has 154 valence electrons. The summed E-state index contributed by atoms with van der Waals surface area (Å²) in [4.78, 5) is 31.7. The first kappa shape index (κ1) is 21.0. The standard InChI is InChI=1S/C21H24N2O5S/c1-5-10-28-15-8-7-14(12-16(15)26-4)19-18(20(25)27-6-2)13(3)22-21-23(19)17(24)9-11-29-21/h5,7-8,12,19H,1,6,9-11H2,2-4H3. The molecule has 1 atom stereocenters. The van der Waals surface area contributed by atoms with Crippen molar-refractivity contribution in [2.24, 2.45) is 4.99 Å². The van der Waals surface area contributed by atoms with Crippen molar-refractivity contribution in [3.05, 3.63) is 47.7 Å². The summed E-state index contributed by atoms with van der Waals surface area (Å²) in [6.45, 7) is 7.73. The van der Waals surface area contributed by atoms with Gasteiger partial charge in [-0.1, -0.05) is 30.5 Å². The third-order valence-corrected chi connectivity index (χ3v) is 5.52. The molecule has 0 spiro atoms. The highest BCUT2D eigenvalue weighted by atomic mass is 32.2. The van der Waals surface area contributed by atoms with Gasteiger partial charge in [0, 0.05) is 12.2 Å². The average molecular weight is 416 g/mol. The summed E-state index contributed by atoms with van der Waals surface area (Å²) in [5.74, 6) is 1.17. The Labute approximate surface area is 174 Å². The van der Waals surface area contributed by atoms with Gasteiger partial charge in [-0.2, -0.15) is 0 Å². The van der Waals surface area contributed by atoms with Gasteiger partial charge in [0.25, 0.3) is 0 Å². The Hall–Kier alpha value is -2.74. The van der Waals surface area contributed by atoms with Crippen molar-refractivity contribution in [2.75, 3.05) is 26.1 Å². The molecule has 0 bridgehead atoms. The van der Waals surface area contributed by atoms with Crippen LogP contribution >= 0.6 is 11.8 Å². The Morgan fingerprint density at radius 1 is 1.41 bits per heavy atom. The number of allylic oxidation sites excluding steroid dienone is 1. The van der Waals surface area contributed by atoms with E-state index in [4.69, 9.17) is 14.2 Å². The fourth-order valence-corrected chi connectivity index (χ4v) is 4.31. The van der Waals surface area contributed by atoms with Gasteiger partial charge in [-0.25, -0.2) is 9.79 Å². The molecule has 3 rings (SSSR count). The summed E-state index contributed by atoms with van der Waals surface area (Å²) < 4.78 is 16.4. The maximum Gasteiger partial charge on any atom is 0.338 e. The number of thioether (sulfide) groups is 1. The number of aliphatic imine (C=N–C) groups is 1. The second kappa shape index (κ2) is 9.17. The van der Waals surface area contributed by atoms with E-state index in [1.54, 1.807) is 44.1 Å². The van der Waals surface area contributed by atoms with Gasteiger partial charge in [0.15, 0.2) is 16.7 Å². The normalized spacial score (nSPS) is 18.7. The molecule has 7 nitrogen and oxygen atoms in total. The van der Waals surface area contributed by atoms with E-state index in [-0.39, 0.29) is 12.5 Å². The second-order valence-corrected chi connectivity index (χ2v) is 7.45. The minimum absolute atomic E-state index is 0.0762. The highest BCUT2D eigenvalue weighted by Crippen LogP contribution is 2.42. The van der Waals surface area contributed by atoms with Crippen molar-refractivity contribution in [1.29, 1.82) is 0 Å². The topological polar surface area (TPSA) is 77.4 Å². The van der Waals surface area contributed by atoms with E-state index in [0.29, 0.717) is 46.7 Å². The predicted octanol–water partition coefficient (Wildman–Crippen LogP) is 3.47. The Balaban J connectivity index is 2.11. The Kier molecular flexibility index (Phi) is 6.64. The van der Waals surface area contributed by atoms with Gasteiger partial charge in [-0.15, -0.1) is 0 Å². The van der Waals surface area contributed by atoms with E-state index in [9.17, 15) is 9.59 Å². The predicted molar refractivity (Wildman–Crippen MR) is 112 cm³/mol. The fourth-order valence-electron chi connectivity index (χ4n) is 3.30. The molecular weight excluding hydrogens is 392 g/mol. The lowest BCUT2D eigenvalue weighted by Gasteiger charge is -2.39. The number of carbonyl (C=O) groups is 2. The molecule has 0 saturated carbocycles. The zero-order valence-electron chi connectivity index (χ0n) is 16.8. The Bertz CT molecular complexity index is 893. The highest BCUT2D eigenvalue weighted by molar-refractivity contribution is 8.14. The first-order valence-corrected chi connectivity index (χ1v) is 10.3. The van der Waals surface area contributed by atoms with Gasteiger partial charge in [0.1, 0.15) is 6.61 Å². The largest absolute Gasteiger partial charge is 0.493 e. The molecular formula is C21H24N2O5S. The lowest BCUT2D eigenvalue weighted by Crippen LogP contribution is -2.45. The van der Waals surface area contributed by atoms with Crippen LogP contribution in [0.15, 0.2) is 47.1 Å². The Morgan fingerprint density at radius 3 is 2.90 bits per heavy atom. The third kappa shape index (κ3) is 4.17. The Morgan fingerprint density at radius 2 is 2.21 bits per heavy atom. The number of benzene rings is 1. The lowest BCUT2D eigenvalue weighted by atomic mass is 9.94. The van der Waals surface area contributed by atoms with Crippen LogP contribution in [0.4, 0.5) is 0 Å². The van der Waals surface area contributed by atoms with E-state index in [2.05, 4.69) is 11.6 Å². The van der Waals surface area contributed by atoms with Crippen LogP contribution < -0.4 is 9.47 Å². The maximum absolute atomic E-state index is 12.8. The molecule has 1 aromatic rings. The molecule has 1 amide bonds. The van der Waals surface area contributed by atoms with Gasteiger partial charge in [0.05, 0.1) is 31.0 Å². The van der Waals surface area contributed by atoms with Gasteiger partial charge in [0.2, 0.25) is 5.91 Å². The van der Waals surface area contributed by atoms with Crippen LogP contribution in [0.3, 0.4) is 0 Å². The molecule has 0 aliphatic carbocycles. The monoisotopic (exact) mass is 416 g/mol. The first-order chi connectivity index (χ1) is 14.0. The van der Waals surface area contributed by atoms with Crippen LogP contribution in [0.5, 0.6) is 11.5 Å². The lowest BCUT2D eigenvalue weighted by molar-refractivity contribution is -0.139. The van der Waals surface area contributed by atoms with E-state index in [1.165, 1.54) is 11.8 Å². The second-order valence-electron chi connectivity index (χ2n) is 6.39. The number of nitrogens with zero attached hydrogens (tertiary/aromatic N) is 2. The van der Waals surface area contributed by atoms with E-state index in [1.807, 2.05) is 6.07 Å². The molecule has 0 aromatic heterocycles. The molecule has 1 aromatic carbocycles. The van der Waals surface area contributed by atoms with E-state index < -0.39 is 12.0 Å². The number of hydrogen-bond acceptors (Lipinski definition) is 7. The quantitative estimate of drug-likeness (QED) is 0.500. The molecule has 1 fully saturated rings. The van der Waals surface area contributed by atoms with Gasteiger partial charge < -0.3 is 14.2 Å². The van der Waals surface area contributed by atoms with Crippen molar-refractivity contribution in [3.63, 3.8) is 0 Å². The van der Waals surface area contributed by atoms with Crippen molar-refractivity contribution < 1.29 is 23.8 Å². The molecule has 29 heavy (non-hydrogen) atoms. The number of amides is 1. The van der Waals surface area contributed by atoms with Crippen LogP contribution in [0.1, 0.15) is 31.9 Å².